The first-order chi connectivity index (χ1) is 15.1. The molecule has 0 spiro atoms. The molecule has 1 N–H and O–H groups in total. The molecule has 0 aliphatic carbocycles. The summed E-state index contributed by atoms with van der Waals surface area (Å²) in [6, 6.07) is 1.65. The molecule has 2 aromatic heterocycles. The predicted molar refractivity (Wildman–Crippen MR) is 118 cm³/mol. The molecule has 0 aromatic carbocycles. The number of anilines is 1. The first-order valence-electron chi connectivity index (χ1n) is 10.3. The first-order valence-corrected chi connectivity index (χ1v) is 10.7. The van der Waals surface area contributed by atoms with Crippen LogP contribution in [0.3, 0.4) is 0 Å². The molecular weight excluding hydrogens is 440 g/mol. The van der Waals surface area contributed by atoms with E-state index in [-0.39, 0.29) is 6.04 Å². The number of amides is 1. The SMILES string of the molecule is CC(C)(C)OC(=O)N[C@H]1CCCN(c2cc(Cl)ncc2C#Cc2cnn(CC(F)F)c2)C1. The zero-order valence-electron chi connectivity index (χ0n) is 18.2. The van der Waals surface area contributed by atoms with Gasteiger partial charge in [-0.3, -0.25) is 4.68 Å². The van der Waals surface area contributed by atoms with E-state index in [4.69, 9.17) is 16.3 Å². The molecule has 1 fully saturated rings. The van der Waals surface area contributed by atoms with Crippen molar-refractivity contribution in [2.24, 2.45) is 0 Å². The van der Waals surface area contributed by atoms with Crippen LogP contribution in [0.1, 0.15) is 44.7 Å². The van der Waals surface area contributed by atoms with Crippen molar-refractivity contribution in [2.45, 2.75) is 58.2 Å². The summed E-state index contributed by atoms with van der Waals surface area (Å²) in [5.41, 5.74) is 1.40. The van der Waals surface area contributed by atoms with E-state index in [1.165, 1.54) is 12.4 Å². The van der Waals surface area contributed by atoms with Gasteiger partial charge in [0.1, 0.15) is 17.3 Å². The molecule has 1 aliphatic rings. The van der Waals surface area contributed by atoms with Gasteiger partial charge < -0.3 is 15.0 Å². The monoisotopic (exact) mass is 465 g/mol. The van der Waals surface area contributed by atoms with Gasteiger partial charge >= 0.3 is 6.09 Å². The van der Waals surface area contributed by atoms with Crippen molar-refractivity contribution in [2.75, 3.05) is 18.0 Å². The van der Waals surface area contributed by atoms with Crippen LogP contribution in [0.2, 0.25) is 5.15 Å². The number of alkyl halides is 2. The Hall–Kier alpha value is -2.86. The third-order valence-corrected chi connectivity index (χ3v) is 4.84. The van der Waals surface area contributed by atoms with Crippen molar-refractivity contribution in [3.63, 3.8) is 0 Å². The normalized spacial score (nSPS) is 16.5. The van der Waals surface area contributed by atoms with E-state index >= 15 is 0 Å². The standard InChI is InChI=1S/C22H26ClF2N5O2/c1-22(2,3)32-21(31)28-17-5-4-8-29(13-17)18-9-19(23)26-11-16(18)7-6-15-10-27-30(12-15)14-20(24)25/h9-12,17,20H,4-5,8,13-14H2,1-3H3,(H,28,31)/t17-/m0/s1. The number of aromatic nitrogens is 3. The number of carbonyl (C=O) groups excluding carboxylic acids is 1. The Labute approximate surface area is 191 Å². The molecule has 1 aliphatic heterocycles. The molecule has 3 rings (SSSR count). The van der Waals surface area contributed by atoms with Crippen molar-refractivity contribution in [3.8, 4) is 11.8 Å². The highest BCUT2D eigenvalue weighted by atomic mass is 35.5. The number of nitrogens with zero attached hydrogens (tertiary/aromatic N) is 4. The molecular formula is C22H26ClF2N5O2. The Bertz CT molecular complexity index is 1010. The van der Waals surface area contributed by atoms with Gasteiger partial charge in [-0.25, -0.2) is 18.6 Å². The Morgan fingerprint density at radius 1 is 1.38 bits per heavy atom. The third-order valence-electron chi connectivity index (χ3n) is 4.63. The molecule has 10 heteroatoms. The molecule has 2 aromatic rings. The number of nitrogens with one attached hydrogen (secondary N) is 1. The fourth-order valence-corrected chi connectivity index (χ4v) is 3.53. The highest BCUT2D eigenvalue weighted by Crippen LogP contribution is 2.26. The zero-order valence-corrected chi connectivity index (χ0v) is 19.0. The highest BCUT2D eigenvalue weighted by Gasteiger charge is 2.25. The molecule has 0 unspecified atom stereocenters. The molecule has 1 atom stereocenters. The van der Waals surface area contributed by atoms with Crippen LogP contribution in [0, 0.1) is 11.8 Å². The van der Waals surface area contributed by atoms with E-state index in [0.29, 0.717) is 22.8 Å². The van der Waals surface area contributed by atoms with Crippen molar-refractivity contribution in [3.05, 3.63) is 40.9 Å². The smallest absolute Gasteiger partial charge is 0.407 e. The number of piperidine rings is 1. The van der Waals surface area contributed by atoms with Gasteiger partial charge in [-0.2, -0.15) is 5.10 Å². The minimum atomic E-state index is -2.48. The lowest BCUT2D eigenvalue weighted by molar-refractivity contribution is 0.0500. The van der Waals surface area contributed by atoms with Gasteiger partial charge in [0.25, 0.3) is 6.43 Å². The quantitative estimate of drug-likeness (QED) is 0.544. The average molecular weight is 466 g/mol. The van der Waals surface area contributed by atoms with Crippen LogP contribution in [0.15, 0.2) is 24.7 Å². The number of halogens is 3. The lowest BCUT2D eigenvalue weighted by atomic mass is 10.0. The Kier molecular flexibility index (Phi) is 7.56. The molecule has 32 heavy (non-hydrogen) atoms. The van der Waals surface area contributed by atoms with Crippen LogP contribution < -0.4 is 10.2 Å². The van der Waals surface area contributed by atoms with Gasteiger partial charge in [-0.15, -0.1) is 0 Å². The summed E-state index contributed by atoms with van der Waals surface area (Å²) in [7, 11) is 0. The summed E-state index contributed by atoms with van der Waals surface area (Å²) < 4.78 is 31.5. The van der Waals surface area contributed by atoms with E-state index in [9.17, 15) is 13.6 Å². The summed E-state index contributed by atoms with van der Waals surface area (Å²) in [4.78, 5) is 18.4. The van der Waals surface area contributed by atoms with Crippen LogP contribution in [0.5, 0.6) is 0 Å². The molecule has 172 valence electrons. The number of hydrogen-bond donors (Lipinski definition) is 1. The van der Waals surface area contributed by atoms with Crippen LogP contribution in [-0.2, 0) is 11.3 Å². The Morgan fingerprint density at radius 2 is 2.16 bits per heavy atom. The summed E-state index contributed by atoms with van der Waals surface area (Å²) in [6.07, 6.45) is 3.28. The van der Waals surface area contributed by atoms with E-state index in [2.05, 4.69) is 32.1 Å². The number of alkyl carbamates (subject to hydrolysis) is 1. The summed E-state index contributed by atoms with van der Waals surface area (Å²) in [5, 5.41) is 7.15. The number of hydrogen-bond acceptors (Lipinski definition) is 5. The third kappa shape index (κ3) is 7.09. The van der Waals surface area contributed by atoms with Crippen molar-refractivity contribution >= 4 is 23.4 Å². The van der Waals surface area contributed by atoms with Crippen LogP contribution >= 0.6 is 11.6 Å². The number of rotatable bonds is 4. The van der Waals surface area contributed by atoms with Crippen LogP contribution in [-0.4, -0.2) is 52.0 Å². The average Bonchev–Trinajstić information content (AvgIpc) is 3.12. The van der Waals surface area contributed by atoms with E-state index < -0.39 is 24.7 Å². The van der Waals surface area contributed by atoms with Gasteiger partial charge in [0.15, 0.2) is 0 Å². The van der Waals surface area contributed by atoms with Crippen LogP contribution in [0.4, 0.5) is 19.3 Å². The molecule has 1 amide bonds. The molecule has 1 saturated heterocycles. The molecule has 0 bridgehead atoms. The second kappa shape index (κ2) is 10.2. The fraction of sp³-hybridized carbons (Fsp3) is 0.500. The zero-order chi connectivity index (χ0) is 23.3. The summed E-state index contributed by atoms with van der Waals surface area (Å²) in [5.74, 6) is 5.99. The maximum absolute atomic E-state index is 12.5. The van der Waals surface area contributed by atoms with Gasteiger partial charge in [0.2, 0.25) is 0 Å². The fourth-order valence-electron chi connectivity index (χ4n) is 3.37. The maximum Gasteiger partial charge on any atom is 0.407 e. The second-order valence-electron chi connectivity index (χ2n) is 8.55. The van der Waals surface area contributed by atoms with Crippen LogP contribution in [0.25, 0.3) is 0 Å². The number of pyridine rings is 1. The molecule has 7 nitrogen and oxygen atoms in total. The minimum Gasteiger partial charge on any atom is -0.444 e. The lowest BCUT2D eigenvalue weighted by Gasteiger charge is -2.35. The minimum absolute atomic E-state index is 0.0843. The predicted octanol–water partition coefficient (Wildman–Crippen LogP) is 4.09. The highest BCUT2D eigenvalue weighted by molar-refractivity contribution is 6.29. The van der Waals surface area contributed by atoms with Gasteiger partial charge in [0.05, 0.1) is 23.0 Å². The summed E-state index contributed by atoms with van der Waals surface area (Å²) >= 11 is 6.14. The summed E-state index contributed by atoms with van der Waals surface area (Å²) in [6.45, 7) is 6.33. The maximum atomic E-state index is 12.5. The van der Waals surface area contributed by atoms with E-state index in [1.54, 1.807) is 12.3 Å². The molecule has 3 heterocycles. The topological polar surface area (TPSA) is 72.3 Å². The first kappa shape index (κ1) is 23.8. The molecule has 0 saturated carbocycles. The van der Waals surface area contributed by atoms with Crippen molar-refractivity contribution < 1.29 is 18.3 Å². The second-order valence-corrected chi connectivity index (χ2v) is 8.93. The van der Waals surface area contributed by atoms with E-state index in [0.717, 1.165) is 29.8 Å². The van der Waals surface area contributed by atoms with Gasteiger partial charge in [0, 0.05) is 37.6 Å². The van der Waals surface area contributed by atoms with Crippen molar-refractivity contribution in [1.29, 1.82) is 0 Å². The number of ether oxygens (including phenoxy) is 1. The van der Waals surface area contributed by atoms with Gasteiger partial charge in [-0.1, -0.05) is 23.4 Å². The molecule has 0 radical (unpaired) electrons. The number of carbonyl (C=O) groups is 1. The Balaban J connectivity index is 1.75. The van der Waals surface area contributed by atoms with E-state index in [1.807, 2.05) is 20.8 Å². The Morgan fingerprint density at radius 3 is 2.88 bits per heavy atom. The van der Waals surface area contributed by atoms with Gasteiger partial charge in [-0.05, 0) is 33.6 Å². The largest absolute Gasteiger partial charge is 0.444 e. The van der Waals surface area contributed by atoms with Crippen molar-refractivity contribution in [1.82, 2.24) is 20.1 Å². The lowest BCUT2D eigenvalue weighted by Crippen LogP contribution is -2.49.